The van der Waals surface area contributed by atoms with Crippen LogP contribution in [0.1, 0.15) is 16.7 Å². The number of ether oxygens (including phenoxy) is 1. The molecule has 0 amide bonds. The Balaban J connectivity index is 2.54. The van der Waals surface area contributed by atoms with Crippen molar-refractivity contribution in [2.24, 2.45) is 5.73 Å². The van der Waals surface area contributed by atoms with E-state index in [1.165, 1.54) is 0 Å². The Morgan fingerprint density at radius 1 is 1.57 bits per heavy atom. The molecule has 1 aromatic rings. The standard InChI is InChI=1S/C11H15NO2/c1-7-6-10-8(3-5-14-10)9(2-4-12)11(7)13/h6,13H,2-5,12H2,1H3. The fourth-order valence-electron chi connectivity index (χ4n) is 1.96. The Morgan fingerprint density at radius 2 is 2.36 bits per heavy atom. The first-order chi connectivity index (χ1) is 6.74. The van der Waals surface area contributed by atoms with Gasteiger partial charge in [0.25, 0.3) is 0 Å². The molecule has 1 aliphatic heterocycles. The smallest absolute Gasteiger partial charge is 0.123 e. The topological polar surface area (TPSA) is 55.5 Å². The first kappa shape index (κ1) is 9.34. The number of rotatable bonds is 2. The highest BCUT2D eigenvalue weighted by Gasteiger charge is 2.20. The molecule has 3 heteroatoms. The van der Waals surface area contributed by atoms with E-state index in [1.54, 1.807) is 0 Å². The Morgan fingerprint density at radius 3 is 3.07 bits per heavy atom. The van der Waals surface area contributed by atoms with E-state index in [1.807, 2.05) is 13.0 Å². The zero-order valence-corrected chi connectivity index (χ0v) is 8.34. The van der Waals surface area contributed by atoms with Crippen LogP contribution >= 0.6 is 0 Å². The zero-order chi connectivity index (χ0) is 10.1. The number of nitrogens with two attached hydrogens (primary N) is 1. The molecule has 76 valence electrons. The van der Waals surface area contributed by atoms with Gasteiger partial charge in [-0.1, -0.05) is 0 Å². The van der Waals surface area contributed by atoms with E-state index in [0.717, 1.165) is 41.9 Å². The molecule has 1 heterocycles. The second-order valence-corrected chi connectivity index (χ2v) is 3.63. The lowest BCUT2D eigenvalue weighted by Gasteiger charge is -2.11. The molecule has 0 fully saturated rings. The van der Waals surface area contributed by atoms with E-state index >= 15 is 0 Å². The van der Waals surface area contributed by atoms with Crippen molar-refractivity contribution in [2.45, 2.75) is 19.8 Å². The minimum absolute atomic E-state index is 0.389. The fourth-order valence-corrected chi connectivity index (χ4v) is 1.96. The average molecular weight is 193 g/mol. The molecule has 0 aliphatic carbocycles. The maximum Gasteiger partial charge on any atom is 0.123 e. The zero-order valence-electron chi connectivity index (χ0n) is 8.34. The summed E-state index contributed by atoms with van der Waals surface area (Å²) in [6.07, 6.45) is 1.61. The van der Waals surface area contributed by atoms with Crippen LogP contribution in [0.3, 0.4) is 0 Å². The summed E-state index contributed by atoms with van der Waals surface area (Å²) in [5.74, 6) is 1.31. The van der Waals surface area contributed by atoms with Gasteiger partial charge >= 0.3 is 0 Å². The lowest BCUT2D eigenvalue weighted by Crippen LogP contribution is -2.05. The molecule has 3 N–H and O–H groups in total. The van der Waals surface area contributed by atoms with Crippen LogP contribution in [0.5, 0.6) is 11.5 Å². The van der Waals surface area contributed by atoms with Gasteiger partial charge in [-0.2, -0.15) is 0 Å². The van der Waals surface area contributed by atoms with Crippen LogP contribution in [0.2, 0.25) is 0 Å². The Hall–Kier alpha value is -1.22. The largest absolute Gasteiger partial charge is 0.507 e. The molecule has 0 atom stereocenters. The molecule has 0 radical (unpaired) electrons. The van der Waals surface area contributed by atoms with Crippen LogP contribution in [-0.2, 0) is 12.8 Å². The normalized spacial score (nSPS) is 13.9. The number of hydrogen-bond donors (Lipinski definition) is 2. The molecule has 0 bridgehead atoms. The highest BCUT2D eigenvalue weighted by Crippen LogP contribution is 2.36. The van der Waals surface area contributed by atoms with Gasteiger partial charge in [-0.3, -0.25) is 0 Å². The van der Waals surface area contributed by atoms with Gasteiger partial charge in [-0.25, -0.2) is 0 Å². The summed E-state index contributed by atoms with van der Waals surface area (Å²) in [7, 11) is 0. The molecule has 3 nitrogen and oxygen atoms in total. The highest BCUT2D eigenvalue weighted by molar-refractivity contribution is 5.54. The van der Waals surface area contributed by atoms with Gasteiger partial charge in [0.1, 0.15) is 11.5 Å². The van der Waals surface area contributed by atoms with E-state index in [9.17, 15) is 5.11 Å². The van der Waals surface area contributed by atoms with Crippen LogP contribution in [0.4, 0.5) is 0 Å². The van der Waals surface area contributed by atoms with Crippen LogP contribution in [0.25, 0.3) is 0 Å². The highest BCUT2D eigenvalue weighted by atomic mass is 16.5. The van der Waals surface area contributed by atoms with Crippen molar-refractivity contribution in [3.8, 4) is 11.5 Å². The molecule has 0 unspecified atom stereocenters. The van der Waals surface area contributed by atoms with Gasteiger partial charge < -0.3 is 15.6 Å². The number of phenols is 1. The van der Waals surface area contributed by atoms with E-state index in [4.69, 9.17) is 10.5 Å². The Kier molecular flexibility index (Phi) is 2.33. The molecule has 0 saturated carbocycles. The van der Waals surface area contributed by atoms with Crippen molar-refractivity contribution >= 4 is 0 Å². The van der Waals surface area contributed by atoms with Crippen molar-refractivity contribution in [1.82, 2.24) is 0 Å². The average Bonchev–Trinajstić information content (AvgIpc) is 2.60. The number of aryl methyl sites for hydroxylation is 1. The summed E-state index contributed by atoms with van der Waals surface area (Å²) in [6, 6.07) is 1.90. The minimum atomic E-state index is 0.389. The van der Waals surface area contributed by atoms with Crippen LogP contribution in [0.15, 0.2) is 6.07 Å². The predicted molar refractivity (Wildman–Crippen MR) is 54.8 cm³/mol. The summed E-state index contributed by atoms with van der Waals surface area (Å²) in [4.78, 5) is 0. The molecule has 1 aliphatic rings. The molecular weight excluding hydrogens is 178 g/mol. The Bertz CT molecular complexity index is 361. The fraction of sp³-hybridized carbons (Fsp3) is 0.455. The van der Waals surface area contributed by atoms with Crippen molar-refractivity contribution in [3.05, 3.63) is 22.8 Å². The lowest BCUT2D eigenvalue weighted by atomic mass is 9.98. The number of phenolic OH excluding ortho intramolecular Hbond substituents is 1. The van der Waals surface area contributed by atoms with Crippen LogP contribution in [-0.4, -0.2) is 18.3 Å². The van der Waals surface area contributed by atoms with Crippen molar-refractivity contribution in [2.75, 3.05) is 13.2 Å². The van der Waals surface area contributed by atoms with E-state index in [2.05, 4.69) is 0 Å². The van der Waals surface area contributed by atoms with Gasteiger partial charge in [0.05, 0.1) is 6.61 Å². The lowest BCUT2D eigenvalue weighted by molar-refractivity contribution is 0.356. The third-order valence-electron chi connectivity index (χ3n) is 2.67. The third kappa shape index (κ3) is 1.34. The summed E-state index contributed by atoms with van der Waals surface area (Å²) in [5, 5.41) is 9.88. The quantitative estimate of drug-likeness (QED) is 0.740. The number of aromatic hydroxyl groups is 1. The molecule has 0 saturated heterocycles. The van der Waals surface area contributed by atoms with Gasteiger partial charge in [0.2, 0.25) is 0 Å². The minimum Gasteiger partial charge on any atom is -0.507 e. The molecule has 14 heavy (non-hydrogen) atoms. The number of benzene rings is 1. The SMILES string of the molecule is Cc1cc2c(c(CCN)c1O)CCO2. The van der Waals surface area contributed by atoms with Crippen molar-refractivity contribution in [3.63, 3.8) is 0 Å². The summed E-state index contributed by atoms with van der Waals surface area (Å²) < 4.78 is 5.47. The van der Waals surface area contributed by atoms with E-state index in [0.29, 0.717) is 12.3 Å². The second kappa shape index (κ2) is 3.50. The van der Waals surface area contributed by atoms with E-state index in [-0.39, 0.29) is 0 Å². The van der Waals surface area contributed by atoms with Gasteiger partial charge in [-0.05, 0) is 31.5 Å². The van der Waals surface area contributed by atoms with Gasteiger partial charge in [-0.15, -0.1) is 0 Å². The van der Waals surface area contributed by atoms with Crippen LogP contribution < -0.4 is 10.5 Å². The number of fused-ring (bicyclic) bond motifs is 1. The first-order valence-electron chi connectivity index (χ1n) is 4.91. The summed E-state index contributed by atoms with van der Waals surface area (Å²) in [5.41, 5.74) is 8.50. The predicted octanol–water partition coefficient (Wildman–Crippen LogP) is 1.14. The summed E-state index contributed by atoms with van der Waals surface area (Å²) >= 11 is 0. The number of hydrogen-bond acceptors (Lipinski definition) is 3. The van der Waals surface area contributed by atoms with Gasteiger partial charge in [0.15, 0.2) is 0 Å². The molecule has 1 aromatic carbocycles. The van der Waals surface area contributed by atoms with Crippen molar-refractivity contribution in [1.29, 1.82) is 0 Å². The maximum atomic E-state index is 9.88. The van der Waals surface area contributed by atoms with E-state index < -0.39 is 0 Å². The molecule has 2 rings (SSSR count). The van der Waals surface area contributed by atoms with Crippen LogP contribution in [0, 0.1) is 6.92 Å². The molecule has 0 aromatic heterocycles. The third-order valence-corrected chi connectivity index (χ3v) is 2.67. The summed E-state index contributed by atoms with van der Waals surface area (Å²) in [6.45, 7) is 3.16. The first-order valence-corrected chi connectivity index (χ1v) is 4.91. The van der Waals surface area contributed by atoms with Gasteiger partial charge in [0, 0.05) is 17.5 Å². The maximum absolute atomic E-state index is 9.88. The Labute approximate surface area is 83.5 Å². The second-order valence-electron chi connectivity index (χ2n) is 3.63. The molecular formula is C11H15NO2. The monoisotopic (exact) mass is 193 g/mol. The molecule has 0 spiro atoms. The van der Waals surface area contributed by atoms with Crippen molar-refractivity contribution < 1.29 is 9.84 Å².